The quantitative estimate of drug-likeness (QED) is 0.626. The van der Waals surface area contributed by atoms with Crippen LogP contribution >= 0.6 is 11.6 Å². The average Bonchev–Trinajstić information content (AvgIpc) is 2.26. The van der Waals surface area contributed by atoms with Gasteiger partial charge < -0.3 is 0 Å². The van der Waals surface area contributed by atoms with Crippen LogP contribution in [0, 0.1) is 5.92 Å². The summed E-state index contributed by atoms with van der Waals surface area (Å²) >= 11 is 5.64. The van der Waals surface area contributed by atoms with Crippen LogP contribution in [0.1, 0.15) is 13.8 Å². The maximum atomic E-state index is 11.7. The highest BCUT2D eigenvalue weighted by Crippen LogP contribution is 2.16. The Morgan fingerprint density at radius 2 is 2.12 bits per heavy atom. The third kappa shape index (κ3) is 3.65. The van der Waals surface area contributed by atoms with Crippen LogP contribution < -0.4 is 10.3 Å². The zero-order chi connectivity index (χ0) is 13.1. The zero-order valence-electron chi connectivity index (χ0n) is 9.27. The van der Waals surface area contributed by atoms with Crippen LogP contribution in [0.25, 0.3) is 0 Å². The highest BCUT2D eigenvalue weighted by Gasteiger charge is 2.19. The average molecular weight is 278 g/mol. The molecule has 2 N–H and O–H groups in total. The van der Waals surface area contributed by atoms with Crippen molar-refractivity contribution in [3.63, 3.8) is 0 Å². The van der Waals surface area contributed by atoms with E-state index in [1.165, 1.54) is 18.3 Å². The molecule has 1 heterocycles. The number of sulfonamides is 1. The lowest BCUT2D eigenvalue weighted by Crippen LogP contribution is -2.43. The molecule has 0 aliphatic heterocycles. The molecule has 1 amide bonds. The second kappa shape index (κ2) is 5.44. The molecule has 0 aliphatic rings. The minimum absolute atomic E-state index is 0.154. The first kappa shape index (κ1) is 13.9. The maximum Gasteiger partial charge on any atom is 0.260 e. The molecular weight excluding hydrogens is 266 g/mol. The fraction of sp³-hybridized carbons (Fsp3) is 0.333. The van der Waals surface area contributed by atoms with Gasteiger partial charge in [0.2, 0.25) is 5.91 Å². The van der Waals surface area contributed by atoms with E-state index >= 15 is 0 Å². The maximum absolute atomic E-state index is 11.7. The van der Waals surface area contributed by atoms with Gasteiger partial charge in [-0.05, 0) is 12.1 Å². The fourth-order valence-electron chi connectivity index (χ4n) is 0.889. The topological polar surface area (TPSA) is 88.2 Å². The summed E-state index contributed by atoms with van der Waals surface area (Å²) in [7, 11) is -3.90. The van der Waals surface area contributed by atoms with Gasteiger partial charge in [0.15, 0.2) is 0 Å². The number of nitrogens with zero attached hydrogens (tertiary/aromatic N) is 1. The number of carbonyl (C=O) groups excluding carboxylic acids is 1. The lowest BCUT2D eigenvalue weighted by Gasteiger charge is -2.10. The number of hydrazine groups is 1. The van der Waals surface area contributed by atoms with E-state index in [1.54, 1.807) is 13.8 Å². The predicted octanol–water partition coefficient (Wildman–Crippen LogP) is 0.700. The summed E-state index contributed by atoms with van der Waals surface area (Å²) in [6.45, 7) is 3.28. The molecule has 0 bridgehead atoms. The molecule has 8 heteroatoms. The zero-order valence-corrected chi connectivity index (χ0v) is 10.8. The Balaban J connectivity index is 2.84. The Morgan fingerprint density at radius 1 is 1.47 bits per heavy atom. The van der Waals surface area contributed by atoms with Crippen molar-refractivity contribution in [1.29, 1.82) is 0 Å². The van der Waals surface area contributed by atoms with E-state index in [4.69, 9.17) is 11.6 Å². The van der Waals surface area contributed by atoms with Gasteiger partial charge in [-0.25, -0.2) is 13.4 Å². The summed E-state index contributed by atoms with van der Waals surface area (Å²) < 4.78 is 23.5. The summed E-state index contributed by atoms with van der Waals surface area (Å²) in [6, 6.07) is 2.73. The van der Waals surface area contributed by atoms with Crippen LogP contribution in [-0.4, -0.2) is 19.3 Å². The van der Waals surface area contributed by atoms with Gasteiger partial charge in [0.05, 0.1) is 0 Å². The molecule has 0 saturated carbocycles. The molecule has 0 aromatic carbocycles. The second-order valence-electron chi connectivity index (χ2n) is 3.54. The molecule has 0 fully saturated rings. The van der Waals surface area contributed by atoms with Crippen LogP contribution in [0.15, 0.2) is 23.2 Å². The Kier molecular flexibility index (Phi) is 4.44. The number of nitrogens with one attached hydrogen (secondary N) is 2. The minimum atomic E-state index is -3.90. The molecule has 1 rings (SSSR count). The van der Waals surface area contributed by atoms with Gasteiger partial charge in [-0.15, -0.1) is 4.83 Å². The highest BCUT2D eigenvalue weighted by atomic mass is 35.5. The Labute approximate surface area is 104 Å². The number of pyridine rings is 1. The van der Waals surface area contributed by atoms with Crippen molar-refractivity contribution in [2.75, 3.05) is 0 Å². The van der Waals surface area contributed by atoms with E-state index < -0.39 is 15.9 Å². The first-order valence-corrected chi connectivity index (χ1v) is 6.63. The Morgan fingerprint density at radius 3 is 2.65 bits per heavy atom. The smallest absolute Gasteiger partial charge is 0.260 e. The molecule has 6 nitrogen and oxygen atoms in total. The van der Waals surface area contributed by atoms with Crippen LogP contribution in [0.3, 0.4) is 0 Å². The van der Waals surface area contributed by atoms with Gasteiger partial charge in [0, 0.05) is 12.1 Å². The third-order valence-electron chi connectivity index (χ3n) is 1.85. The predicted molar refractivity (Wildman–Crippen MR) is 62.5 cm³/mol. The minimum Gasteiger partial charge on any atom is -0.277 e. The van der Waals surface area contributed by atoms with Gasteiger partial charge in [0.1, 0.15) is 10.0 Å². The van der Waals surface area contributed by atoms with Crippen molar-refractivity contribution in [2.45, 2.75) is 18.7 Å². The largest absolute Gasteiger partial charge is 0.277 e. The number of carbonyl (C=O) groups is 1. The van der Waals surface area contributed by atoms with E-state index in [2.05, 4.69) is 10.4 Å². The first-order chi connectivity index (χ1) is 7.84. The number of amides is 1. The van der Waals surface area contributed by atoms with Crippen molar-refractivity contribution in [1.82, 2.24) is 15.2 Å². The van der Waals surface area contributed by atoms with Gasteiger partial charge in [-0.3, -0.25) is 10.2 Å². The lowest BCUT2D eigenvalue weighted by atomic mass is 10.2. The van der Waals surface area contributed by atoms with Gasteiger partial charge in [0.25, 0.3) is 10.0 Å². The molecule has 94 valence electrons. The number of aromatic nitrogens is 1. The third-order valence-corrected chi connectivity index (χ3v) is 3.54. The van der Waals surface area contributed by atoms with Gasteiger partial charge >= 0.3 is 0 Å². The van der Waals surface area contributed by atoms with Crippen molar-refractivity contribution < 1.29 is 13.2 Å². The van der Waals surface area contributed by atoms with E-state index in [0.29, 0.717) is 0 Å². The fourth-order valence-corrected chi connectivity index (χ4v) is 2.19. The van der Waals surface area contributed by atoms with Crippen molar-refractivity contribution in [2.24, 2.45) is 5.92 Å². The highest BCUT2D eigenvalue weighted by molar-refractivity contribution is 7.89. The Hall–Kier alpha value is -1.18. The molecule has 0 spiro atoms. The molecule has 0 unspecified atom stereocenters. The number of rotatable bonds is 4. The molecule has 0 saturated heterocycles. The summed E-state index contributed by atoms with van der Waals surface area (Å²) in [5.41, 5.74) is 2.08. The number of halogens is 1. The van der Waals surface area contributed by atoms with Crippen LogP contribution in [0.4, 0.5) is 0 Å². The summed E-state index contributed by atoms with van der Waals surface area (Å²) in [4.78, 5) is 16.6. The van der Waals surface area contributed by atoms with Crippen molar-refractivity contribution in [3.8, 4) is 0 Å². The molecule has 0 radical (unpaired) electrons. The van der Waals surface area contributed by atoms with Crippen LogP contribution in [-0.2, 0) is 14.8 Å². The van der Waals surface area contributed by atoms with E-state index in [1.807, 2.05) is 4.83 Å². The standard InChI is InChI=1S/C9H12ClN3O3S/c1-6(2)9(14)12-13-17(15,16)7-4-3-5-11-8(7)10/h3-6,13H,1-2H3,(H,12,14). The normalized spacial score (nSPS) is 11.5. The van der Waals surface area contributed by atoms with Gasteiger partial charge in [-0.2, -0.15) is 0 Å². The molecule has 1 aromatic rings. The second-order valence-corrected chi connectivity index (χ2v) is 5.55. The Bertz CT molecular complexity index is 516. The summed E-state index contributed by atoms with van der Waals surface area (Å²) in [6.07, 6.45) is 1.37. The van der Waals surface area contributed by atoms with E-state index in [9.17, 15) is 13.2 Å². The van der Waals surface area contributed by atoms with Gasteiger partial charge in [-0.1, -0.05) is 25.4 Å². The van der Waals surface area contributed by atoms with E-state index in [-0.39, 0.29) is 16.0 Å². The number of hydrogen-bond acceptors (Lipinski definition) is 4. The SMILES string of the molecule is CC(C)C(=O)NNS(=O)(=O)c1cccnc1Cl. The van der Waals surface area contributed by atoms with Crippen LogP contribution in [0.2, 0.25) is 5.15 Å². The van der Waals surface area contributed by atoms with E-state index in [0.717, 1.165) is 0 Å². The molecule has 1 aromatic heterocycles. The molecule has 0 atom stereocenters. The summed E-state index contributed by atoms with van der Waals surface area (Å²) in [5.74, 6) is -0.768. The lowest BCUT2D eigenvalue weighted by molar-refractivity contribution is -0.124. The molecule has 17 heavy (non-hydrogen) atoms. The first-order valence-electron chi connectivity index (χ1n) is 4.77. The molecule has 0 aliphatic carbocycles. The molecular formula is C9H12ClN3O3S. The summed E-state index contributed by atoms with van der Waals surface area (Å²) in [5, 5.41) is -0.154. The monoisotopic (exact) mass is 277 g/mol. The number of hydrogen-bond donors (Lipinski definition) is 2. The van der Waals surface area contributed by atoms with Crippen molar-refractivity contribution in [3.05, 3.63) is 23.5 Å². The van der Waals surface area contributed by atoms with Crippen molar-refractivity contribution >= 4 is 27.5 Å². The van der Waals surface area contributed by atoms with Crippen LogP contribution in [0.5, 0.6) is 0 Å².